The van der Waals surface area contributed by atoms with Crippen molar-refractivity contribution in [2.45, 2.75) is 30.7 Å². The Bertz CT molecular complexity index is 1010. The van der Waals surface area contributed by atoms with Gasteiger partial charge in [-0.2, -0.15) is 0 Å². The van der Waals surface area contributed by atoms with Crippen molar-refractivity contribution < 1.29 is 14.4 Å². The molecule has 7 nitrogen and oxygen atoms in total. The average molecular weight is 439 g/mol. The lowest BCUT2D eigenvalue weighted by Crippen LogP contribution is -2.40. The molecule has 2 aliphatic rings. The highest BCUT2D eigenvalue weighted by Gasteiger charge is 2.24. The SMILES string of the molecule is NC(=O)C1CCCN(Cc2ccccc2NC(=O)c2ccc3c(c2)NC(=O)CCS3)C1. The van der Waals surface area contributed by atoms with E-state index < -0.39 is 0 Å². The summed E-state index contributed by atoms with van der Waals surface area (Å²) in [6.45, 7) is 2.17. The minimum Gasteiger partial charge on any atom is -0.369 e. The first-order valence-corrected chi connectivity index (χ1v) is 11.5. The van der Waals surface area contributed by atoms with E-state index >= 15 is 0 Å². The molecule has 1 saturated heterocycles. The van der Waals surface area contributed by atoms with Crippen LogP contribution in [-0.4, -0.2) is 41.5 Å². The number of nitrogens with two attached hydrogens (primary N) is 1. The van der Waals surface area contributed by atoms with Crippen LogP contribution in [0.25, 0.3) is 0 Å². The molecule has 2 aliphatic heterocycles. The van der Waals surface area contributed by atoms with Gasteiger partial charge < -0.3 is 16.4 Å². The zero-order valence-electron chi connectivity index (χ0n) is 17.2. The lowest BCUT2D eigenvalue weighted by Gasteiger charge is -2.31. The third-order valence-corrected chi connectivity index (χ3v) is 6.75. The smallest absolute Gasteiger partial charge is 0.255 e. The van der Waals surface area contributed by atoms with Gasteiger partial charge in [0.1, 0.15) is 0 Å². The lowest BCUT2D eigenvalue weighted by molar-refractivity contribution is -0.123. The van der Waals surface area contributed by atoms with E-state index in [2.05, 4.69) is 15.5 Å². The van der Waals surface area contributed by atoms with Gasteiger partial charge in [0, 0.05) is 41.4 Å². The summed E-state index contributed by atoms with van der Waals surface area (Å²) in [5.41, 5.74) is 8.39. The molecule has 1 unspecified atom stereocenters. The number of fused-ring (bicyclic) bond motifs is 1. The van der Waals surface area contributed by atoms with Gasteiger partial charge in [-0.25, -0.2) is 0 Å². The maximum atomic E-state index is 12.9. The minimum atomic E-state index is -0.250. The van der Waals surface area contributed by atoms with Gasteiger partial charge in [-0.15, -0.1) is 11.8 Å². The van der Waals surface area contributed by atoms with Crippen molar-refractivity contribution in [1.82, 2.24) is 4.90 Å². The Labute approximate surface area is 185 Å². The average Bonchev–Trinajstić information content (AvgIpc) is 2.95. The summed E-state index contributed by atoms with van der Waals surface area (Å²) in [5.74, 6) is 0.0884. The molecule has 4 N–H and O–H groups in total. The van der Waals surface area contributed by atoms with Gasteiger partial charge in [-0.05, 0) is 49.2 Å². The first-order valence-electron chi connectivity index (χ1n) is 10.5. The molecule has 2 aromatic carbocycles. The van der Waals surface area contributed by atoms with Crippen molar-refractivity contribution in [2.75, 3.05) is 29.5 Å². The summed E-state index contributed by atoms with van der Waals surface area (Å²) in [7, 11) is 0. The molecule has 4 rings (SSSR count). The third-order valence-electron chi connectivity index (χ3n) is 5.67. The van der Waals surface area contributed by atoms with Crippen LogP contribution in [0.1, 0.15) is 35.2 Å². The van der Waals surface area contributed by atoms with Crippen molar-refractivity contribution in [1.29, 1.82) is 0 Å². The Hall–Kier alpha value is -2.84. The number of amides is 3. The summed E-state index contributed by atoms with van der Waals surface area (Å²) in [6, 6.07) is 13.1. The van der Waals surface area contributed by atoms with E-state index in [0.29, 0.717) is 30.8 Å². The van der Waals surface area contributed by atoms with E-state index in [4.69, 9.17) is 5.73 Å². The normalized spacial score (nSPS) is 19.1. The predicted molar refractivity (Wildman–Crippen MR) is 122 cm³/mol. The summed E-state index contributed by atoms with van der Waals surface area (Å²) >= 11 is 1.61. The lowest BCUT2D eigenvalue weighted by atomic mass is 9.97. The fourth-order valence-corrected chi connectivity index (χ4v) is 4.95. The Balaban J connectivity index is 1.48. The van der Waals surface area contributed by atoms with Crippen LogP contribution in [0.15, 0.2) is 47.4 Å². The van der Waals surface area contributed by atoms with Crippen LogP contribution in [0.3, 0.4) is 0 Å². The van der Waals surface area contributed by atoms with Gasteiger partial charge in [-0.1, -0.05) is 18.2 Å². The van der Waals surface area contributed by atoms with Crippen molar-refractivity contribution >= 4 is 40.9 Å². The number of hydrogen-bond donors (Lipinski definition) is 3. The molecule has 0 spiro atoms. The molecule has 0 aromatic heterocycles. The molecule has 0 aliphatic carbocycles. The highest BCUT2D eigenvalue weighted by Crippen LogP contribution is 2.32. The van der Waals surface area contributed by atoms with Gasteiger partial charge in [0.2, 0.25) is 11.8 Å². The van der Waals surface area contributed by atoms with Crippen molar-refractivity contribution in [2.24, 2.45) is 11.7 Å². The number of hydrogen-bond acceptors (Lipinski definition) is 5. The van der Waals surface area contributed by atoms with E-state index in [9.17, 15) is 14.4 Å². The second-order valence-electron chi connectivity index (χ2n) is 7.95. The van der Waals surface area contributed by atoms with E-state index in [-0.39, 0.29) is 23.6 Å². The minimum absolute atomic E-state index is 0.0371. The number of benzene rings is 2. The van der Waals surface area contributed by atoms with Gasteiger partial charge in [0.25, 0.3) is 5.91 Å². The molecule has 1 fully saturated rings. The standard InChI is InChI=1S/C23H26N4O3S/c24-22(29)17-5-3-10-27(14-17)13-16-4-1-2-6-18(16)26-23(30)15-7-8-20-19(12-15)25-21(28)9-11-31-20/h1-2,4,6-8,12,17H,3,5,9-11,13-14H2,(H2,24,29)(H,25,28)(H,26,30). The zero-order chi connectivity index (χ0) is 21.8. The molecule has 0 bridgehead atoms. The number of rotatable bonds is 5. The monoisotopic (exact) mass is 438 g/mol. The number of para-hydroxylation sites is 1. The van der Waals surface area contributed by atoms with E-state index in [0.717, 1.165) is 41.3 Å². The molecule has 0 radical (unpaired) electrons. The van der Waals surface area contributed by atoms with E-state index in [1.54, 1.807) is 23.9 Å². The first kappa shape index (κ1) is 21.4. The van der Waals surface area contributed by atoms with Gasteiger partial charge >= 0.3 is 0 Å². The molecule has 1 atom stereocenters. The number of likely N-dealkylation sites (tertiary alicyclic amines) is 1. The first-order chi connectivity index (χ1) is 15.0. The zero-order valence-corrected chi connectivity index (χ0v) is 18.0. The quantitative estimate of drug-likeness (QED) is 0.666. The summed E-state index contributed by atoms with van der Waals surface area (Å²) in [6.07, 6.45) is 2.22. The number of nitrogens with one attached hydrogen (secondary N) is 2. The fraction of sp³-hybridized carbons (Fsp3) is 0.348. The Morgan fingerprint density at radius 3 is 2.90 bits per heavy atom. The predicted octanol–water partition coefficient (Wildman–Crippen LogP) is 3.07. The number of carbonyl (C=O) groups excluding carboxylic acids is 3. The number of piperidine rings is 1. The fourth-order valence-electron chi connectivity index (χ4n) is 4.01. The highest BCUT2D eigenvalue weighted by atomic mass is 32.2. The van der Waals surface area contributed by atoms with Crippen molar-refractivity contribution in [3.8, 4) is 0 Å². The largest absolute Gasteiger partial charge is 0.369 e. The second kappa shape index (κ2) is 9.53. The maximum absolute atomic E-state index is 12.9. The molecule has 8 heteroatoms. The Morgan fingerprint density at radius 2 is 2.06 bits per heavy atom. The van der Waals surface area contributed by atoms with Crippen LogP contribution < -0.4 is 16.4 Å². The van der Waals surface area contributed by atoms with E-state index in [1.807, 2.05) is 30.3 Å². The molecular formula is C23H26N4O3S. The molecule has 2 aromatic rings. The number of thioether (sulfide) groups is 1. The van der Waals surface area contributed by atoms with Crippen LogP contribution in [0, 0.1) is 5.92 Å². The molecule has 162 valence electrons. The maximum Gasteiger partial charge on any atom is 0.255 e. The number of carbonyl (C=O) groups is 3. The topological polar surface area (TPSA) is 105 Å². The summed E-state index contributed by atoms with van der Waals surface area (Å²) in [5, 5.41) is 5.88. The molecule has 31 heavy (non-hydrogen) atoms. The second-order valence-corrected chi connectivity index (χ2v) is 9.08. The van der Waals surface area contributed by atoms with Crippen LogP contribution in [0.2, 0.25) is 0 Å². The number of anilines is 2. The van der Waals surface area contributed by atoms with E-state index in [1.165, 1.54) is 0 Å². The number of primary amides is 1. The van der Waals surface area contributed by atoms with Crippen LogP contribution in [0.4, 0.5) is 11.4 Å². The van der Waals surface area contributed by atoms with Crippen LogP contribution >= 0.6 is 11.8 Å². The highest BCUT2D eigenvalue weighted by molar-refractivity contribution is 7.99. The van der Waals surface area contributed by atoms with Crippen molar-refractivity contribution in [3.63, 3.8) is 0 Å². The Kier molecular flexibility index (Phi) is 6.58. The Morgan fingerprint density at radius 1 is 1.23 bits per heavy atom. The molecule has 3 amide bonds. The molecule has 2 heterocycles. The third kappa shape index (κ3) is 5.26. The molecule has 0 saturated carbocycles. The van der Waals surface area contributed by atoms with Crippen LogP contribution in [0.5, 0.6) is 0 Å². The number of nitrogens with zero attached hydrogens (tertiary/aromatic N) is 1. The summed E-state index contributed by atoms with van der Waals surface area (Å²) in [4.78, 5) is 39.6. The van der Waals surface area contributed by atoms with Crippen LogP contribution in [-0.2, 0) is 16.1 Å². The summed E-state index contributed by atoms with van der Waals surface area (Å²) < 4.78 is 0. The van der Waals surface area contributed by atoms with Gasteiger partial charge in [0.05, 0.1) is 11.6 Å². The van der Waals surface area contributed by atoms with Gasteiger partial charge in [0.15, 0.2) is 0 Å². The van der Waals surface area contributed by atoms with Gasteiger partial charge in [-0.3, -0.25) is 19.3 Å². The van der Waals surface area contributed by atoms with Crippen molar-refractivity contribution in [3.05, 3.63) is 53.6 Å². The molecular weight excluding hydrogens is 412 g/mol.